The van der Waals surface area contributed by atoms with Crippen LogP contribution in [0.1, 0.15) is 46.0 Å². The highest BCUT2D eigenvalue weighted by Gasteiger charge is 2.36. The third-order valence-electron chi connectivity index (χ3n) is 4.24. The van der Waals surface area contributed by atoms with Crippen LogP contribution in [0.15, 0.2) is 0 Å². The van der Waals surface area contributed by atoms with Crippen LogP contribution in [0, 0.1) is 11.8 Å². The SMILES string of the molecule is CC(C)NCCCN(C)S(=O)(=O)N(CC1CC1)CC1CC1. The highest BCUT2D eigenvalue weighted by molar-refractivity contribution is 7.86. The van der Waals surface area contributed by atoms with E-state index in [9.17, 15) is 8.42 Å². The number of rotatable bonds is 11. The first-order valence-electron chi connectivity index (χ1n) is 8.34. The quantitative estimate of drug-likeness (QED) is 0.590. The van der Waals surface area contributed by atoms with Gasteiger partial charge >= 0.3 is 0 Å². The van der Waals surface area contributed by atoms with Crippen LogP contribution in [0.3, 0.4) is 0 Å². The first-order chi connectivity index (χ1) is 9.89. The summed E-state index contributed by atoms with van der Waals surface area (Å²) in [4.78, 5) is 0. The lowest BCUT2D eigenvalue weighted by atomic mass is 10.3. The van der Waals surface area contributed by atoms with Gasteiger partial charge in [-0.1, -0.05) is 13.8 Å². The Bertz CT molecular complexity index is 403. The first-order valence-corrected chi connectivity index (χ1v) is 9.74. The molecule has 0 aromatic carbocycles. The number of nitrogens with zero attached hydrogens (tertiary/aromatic N) is 2. The highest BCUT2D eigenvalue weighted by atomic mass is 32.2. The van der Waals surface area contributed by atoms with Crippen molar-refractivity contribution in [1.29, 1.82) is 0 Å². The Labute approximate surface area is 130 Å². The van der Waals surface area contributed by atoms with Crippen LogP contribution < -0.4 is 5.32 Å². The second-order valence-corrected chi connectivity index (χ2v) is 9.03. The molecular weight excluding hydrogens is 286 g/mol. The predicted octanol–water partition coefficient (Wildman–Crippen LogP) is 1.67. The molecule has 0 radical (unpaired) electrons. The van der Waals surface area contributed by atoms with Gasteiger partial charge in [0.1, 0.15) is 0 Å². The maximum atomic E-state index is 12.7. The molecule has 0 atom stereocenters. The molecule has 124 valence electrons. The predicted molar refractivity (Wildman–Crippen MR) is 86.3 cm³/mol. The van der Waals surface area contributed by atoms with Crippen molar-refractivity contribution >= 4 is 10.2 Å². The van der Waals surface area contributed by atoms with E-state index < -0.39 is 10.2 Å². The lowest BCUT2D eigenvalue weighted by Crippen LogP contribution is -2.44. The van der Waals surface area contributed by atoms with Crippen molar-refractivity contribution in [1.82, 2.24) is 13.9 Å². The van der Waals surface area contributed by atoms with Crippen LogP contribution in [0.4, 0.5) is 0 Å². The maximum Gasteiger partial charge on any atom is 0.281 e. The van der Waals surface area contributed by atoms with E-state index in [1.54, 1.807) is 15.7 Å². The summed E-state index contributed by atoms with van der Waals surface area (Å²) in [5.41, 5.74) is 0. The van der Waals surface area contributed by atoms with Crippen LogP contribution in [0.5, 0.6) is 0 Å². The standard InChI is InChI=1S/C15H31N3O2S/c1-13(2)16-9-4-10-17(3)21(19,20)18(11-14-5-6-14)12-15-7-8-15/h13-16H,4-12H2,1-3H3. The molecule has 0 saturated heterocycles. The summed E-state index contributed by atoms with van der Waals surface area (Å²) in [6, 6.07) is 0.452. The normalized spacial score (nSPS) is 19.9. The van der Waals surface area contributed by atoms with Gasteiger partial charge in [0.2, 0.25) is 0 Å². The highest BCUT2D eigenvalue weighted by Crippen LogP contribution is 2.35. The van der Waals surface area contributed by atoms with Crippen LogP contribution in [0.2, 0.25) is 0 Å². The van der Waals surface area contributed by atoms with Crippen molar-refractivity contribution in [2.75, 3.05) is 33.2 Å². The van der Waals surface area contributed by atoms with Crippen molar-refractivity contribution in [3.05, 3.63) is 0 Å². The minimum absolute atomic E-state index is 0.452. The second-order valence-electron chi connectivity index (χ2n) is 7.00. The molecule has 2 rings (SSSR count). The van der Waals surface area contributed by atoms with E-state index >= 15 is 0 Å². The fourth-order valence-corrected chi connectivity index (χ4v) is 4.00. The smallest absolute Gasteiger partial charge is 0.281 e. The van der Waals surface area contributed by atoms with Crippen molar-refractivity contribution in [3.63, 3.8) is 0 Å². The lowest BCUT2D eigenvalue weighted by Gasteiger charge is -2.27. The van der Waals surface area contributed by atoms with Gasteiger partial charge in [-0.25, -0.2) is 0 Å². The van der Waals surface area contributed by atoms with Crippen molar-refractivity contribution in [2.45, 2.75) is 52.0 Å². The Morgan fingerprint density at radius 1 is 1.10 bits per heavy atom. The summed E-state index contributed by atoms with van der Waals surface area (Å²) in [7, 11) is -1.55. The molecule has 2 fully saturated rings. The third kappa shape index (κ3) is 5.85. The minimum Gasteiger partial charge on any atom is -0.314 e. The van der Waals surface area contributed by atoms with Gasteiger partial charge < -0.3 is 5.32 Å². The molecule has 1 N–H and O–H groups in total. The molecule has 2 aliphatic rings. The molecule has 0 aromatic rings. The summed E-state index contributed by atoms with van der Waals surface area (Å²) in [6.07, 6.45) is 5.63. The largest absolute Gasteiger partial charge is 0.314 e. The van der Waals surface area contributed by atoms with E-state index in [0.29, 0.717) is 24.4 Å². The Balaban J connectivity index is 1.82. The molecule has 6 heteroatoms. The number of hydrogen-bond acceptors (Lipinski definition) is 3. The molecule has 0 heterocycles. The van der Waals surface area contributed by atoms with E-state index in [4.69, 9.17) is 0 Å². The lowest BCUT2D eigenvalue weighted by molar-refractivity contribution is 0.337. The summed E-state index contributed by atoms with van der Waals surface area (Å²) in [6.45, 7) is 7.12. The molecule has 0 spiro atoms. The van der Waals surface area contributed by atoms with Gasteiger partial charge in [-0.2, -0.15) is 17.0 Å². The fraction of sp³-hybridized carbons (Fsp3) is 1.00. The zero-order valence-corrected chi connectivity index (χ0v) is 14.5. The molecule has 0 amide bonds. The molecule has 0 unspecified atom stereocenters. The van der Waals surface area contributed by atoms with E-state index in [0.717, 1.165) is 26.1 Å². The number of hydrogen-bond donors (Lipinski definition) is 1. The van der Waals surface area contributed by atoms with E-state index in [1.807, 2.05) is 0 Å². The molecule has 2 saturated carbocycles. The topological polar surface area (TPSA) is 52.7 Å². The summed E-state index contributed by atoms with van der Waals surface area (Å²) in [5, 5.41) is 3.33. The Kier molecular flexibility index (Phi) is 6.05. The van der Waals surface area contributed by atoms with E-state index in [1.165, 1.54) is 25.7 Å². The maximum absolute atomic E-state index is 12.7. The Hall–Kier alpha value is -0.170. The minimum atomic E-state index is -3.27. The molecule has 0 aromatic heterocycles. The summed E-state index contributed by atoms with van der Waals surface area (Å²) >= 11 is 0. The summed E-state index contributed by atoms with van der Waals surface area (Å²) < 4.78 is 28.7. The van der Waals surface area contributed by atoms with Crippen molar-refractivity contribution in [3.8, 4) is 0 Å². The van der Waals surface area contributed by atoms with E-state index in [2.05, 4.69) is 19.2 Å². The van der Waals surface area contributed by atoms with Gasteiger partial charge in [0.15, 0.2) is 0 Å². The Morgan fingerprint density at radius 2 is 1.62 bits per heavy atom. The van der Waals surface area contributed by atoms with Crippen molar-refractivity contribution in [2.24, 2.45) is 11.8 Å². The zero-order valence-electron chi connectivity index (χ0n) is 13.7. The first kappa shape index (κ1) is 17.2. The average molecular weight is 317 g/mol. The molecular formula is C15H31N3O2S. The third-order valence-corrected chi connectivity index (χ3v) is 6.16. The van der Waals surface area contributed by atoms with E-state index in [-0.39, 0.29) is 0 Å². The summed E-state index contributed by atoms with van der Waals surface area (Å²) in [5.74, 6) is 1.21. The second kappa shape index (κ2) is 7.40. The van der Waals surface area contributed by atoms with Gasteiger partial charge in [-0.3, -0.25) is 0 Å². The molecule has 2 aliphatic carbocycles. The van der Waals surface area contributed by atoms with Crippen LogP contribution in [0.25, 0.3) is 0 Å². The monoisotopic (exact) mass is 317 g/mol. The van der Waals surface area contributed by atoms with Crippen LogP contribution in [-0.4, -0.2) is 56.3 Å². The van der Waals surface area contributed by atoms with Gasteiger partial charge in [-0.15, -0.1) is 0 Å². The van der Waals surface area contributed by atoms with Gasteiger partial charge in [-0.05, 0) is 50.5 Å². The molecule has 21 heavy (non-hydrogen) atoms. The van der Waals surface area contributed by atoms with Gasteiger partial charge in [0.25, 0.3) is 10.2 Å². The zero-order chi connectivity index (χ0) is 15.5. The number of nitrogens with one attached hydrogen (secondary N) is 1. The van der Waals surface area contributed by atoms with Gasteiger partial charge in [0, 0.05) is 32.7 Å². The fourth-order valence-electron chi connectivity index (χ4n) is 2.44. The Morgan fingerprint density at radius 3 is 2.05 bits per heavy atom. The molecule has 0 aliphatic heterocycles. The van der Waals surface area contributed by atoms with Crippen LogP contribution >= 0.6 is 0 Å². The average Bonchev–Trinajstić information content (AvgIpc) is 3.27. The van der Waals surface area contributed by atoms with Crippen molar-refractivity contribution < 1.29 is 8.42 Å². The van der Waals surface area contributed by atoms with Gasteiger partial charge in [0.05, 0.1) is 0 Å². The van der Waals surface area contributed by atoms with Crippen LogP contribution in [-0.2, 0) is 10.2 Å². The molecule has 5 nitrogen and oxygen atoms in total. The molecule has 0 bridgehead atoms.